The van der Waals surface area contributed by atoms with Gasteiger partial charge in [-0.3, -0.25) is 9.59 Å². The molecule has 1 aliphatic heterocycles. The molecule has 22 heavy (non-hydrogen) atoms. The van der Waals surface area contributed by atoms with Gasteiger partial charge in [-0.1, -0.05) is 47.6 Å². The molecule has 0 spiro atoms. The Balaban J connectivity index is 2.13. The summed E-state index contributed by atoms with van der Waals surface area (Å²) in [5.41, 5.74) is 2.41. The van der Waals surface area contributed by atoms with E-state index in [4.69, 9.17) is 0 Å². The monoisotopic (exact) mass is 295 g/mol. The molecule has 0 fully saturated rings. The standard InChI is InChI=1S/C19H21NO2/c1-13-11-16-18(22)20(3)10-9-19(16,12-14(13)2)17(21)15-7-5-4-6-8-15/h4-10,16H,11-12H2,1-3H3/t16-,19-/m1/s1. The number of rotatable bonds is 2. The molecule has 0 aromatic heterocycles. The van der Waals surface area contributed by atoms with Crippen LogP contribution in [0.3, 0.4) is 0 Å². The van der Waals surface area contributed by atoms with Crippen molar-refractivity contribution in [1.29, 1.82) is 0 Å². The molecule has 3 rings (SSSR count). The average molecular weight is 295 g/mol. The summed E-state index contributed by atoms with van der Waals surface area (Å²) in [4.78, 5) is 27.5. The second kappa shape index (κ2) is 5.24. The van der Waals surface area contributed by atoms with Crippen LogP contribution in [0.4, 0.5) is 0 Å². The zero-order valence-corrected chi connectivity index (χ0v) is 13.3. The molecule has 0 saturated heterocycles. The summed E-state index contributed by atoms with van der Waals surface area (Å²) < 4.78 is 0. The minimum absolute atomic E-state index is 0.0404. The Kier molecular flexibility index (Phi) is 3.51. The molecule has 0 saturated carbocycles. The summed E-state index contributed by atoms with van der Waals surface area (Å²) in [6, 6.07) is 9.32. The van der Waals surface area contributed by atoms with Crippen LogP contribution < -0.4 is 0 Å². The van der Waals surface area contributed by atoms with Gasteiger partial charge >= 0.3 is 0 Å². The van der Waals surface area contributed by atoms with Crippen molar-refractivity contribution in [2.45, 2.75) is 26.7 Å². The number of nitrogens with zero attached hydrogens (tertiary/aromatic N) is 1. The number of hydrogen-bond donors (Lipinski definition) is 0. The summed E-state index contributed by atoms with van der Waals surface area (Å²) in [6.45, 7) is 4.14. The molecule has 1 aromatic rings. The van der Waals surface area contributed by atoms with Gasteiger partial charge in [0, 0.05) is 18.8 Å². The van der Waals surface area contributed by atoms with Crippen molar-refractivity contribution >= 4 is 11.7 Å². The van der Waals surface area contributed by atoms with E-state index in [9.17, 15) is 9.59 Å². The van der Waals surface area contributed by atoms with Gasteiger partial charge in [-0.15, -0.1) is 0 Å². The number of carbonyl (C=O) groups is 2. The molecule has 2 aliphatic rings. The number of ketones is 1. The van der Waals surface area contributed by atoms with Crippen LogP contribution in [-0.2, 0) is 4.79 Å². The molecular formula is C19H21NO2. The summed E-state index contributed by atoms with van der Waals surface area (Å²) in [5.74, 6) is -0.194. The van der Waals surface area contributed by atoms with Gasteiger partial charge in [-0.05, 0) is 26.7 Å². The first-order valence-electron chi connectivity index (χ1n) is 7.67. The molecule has 3 heteroatoms. The first kappa shape index (κ1) is 14.8. The van der Waals surface area contributed by atoms with Crippen molar-refractivity contribution in [3.05, 3.63) is 59.3 Å². The molecule has 1 aliphatic carbocycles. The third-order valence-electron chi connectivity index (χ3n) is 5.12. The van der Waals surface area contributed by atoms with Crippen LogP contribution in [0.2, 0.25) is 0 Å². The number of allylic oxidation sites excluding steroid dienone is 3. The maximum Gasteiger partial charge on any atom is 0.231 e. The van der Waals surface area contributed by atoms with Gasteiger partial charge in [0.1, 0.15) is 0 Å². The lowest BCUT2D eigenvalue weighted by atomic mass is 9.60. The third kappa shape index (κ3) is 2.12. The number of carbonyl (C=O) groups excluding carboxylic acids is 2. The van der Waals surface area contributed by atoms with E-state index in [0.29, 0.717) is 18.4 Å². The van der Waals surface area contributed by atoms with E-state index in [1.807, 2.05) is 36.4 Å². The van der Waals surface area contributed by atoms with Crippen LogP contribution in [-0.4, -0.2) is 23.6 Å². The van der Waals surface area contributed by atoms with Gasteiger partial charge < -0.3 is 4.90 Å². The predicted molar refractivity (Wildman–Crippen MR) is 86.2 cm³/mol. The third-order valence-corrected chi connectivity index (χ3v) is 5.12. The highest BCUT2D eigenvalue weighted by Gasteiger charge is 2.51. The first-order chi connectivity index (χ1) is 10.5. The van der Waals surface area contributed by atoms with E-state index >= 15 is 0 Å². The molecule has 1 aromatic carbocycles. The van der Waals surface area contributed by atoms with E-state index in [2.05, 4.69) is 13.8 Å². The van der Waals surface area contributed by atoms with Gasteiger partial charge in [-0.25, -0.2) is 0 Å². The summed E-state index contributed by atoms with van der Waals surface area (Å²) in [6.07, 6.45) is 5.00. The zero-order valence-electron chi connectivity index (χ0n) is 13.3. The van der Waals surface area contributed by atoms with Crippen LogP contribution in [0.5, 0.6) is 0 Å². The summed E-state index contributed by atoms with van der Waals surface area (Å²) in [5, 5.41) is 0. The van der Waals surface area contributed by atoms with Crippen molar-refractivity contribution in [2.75, 3.05) is 7.05 Å². The Bertz CT molecular complexity index is 687. The Morgan fingerprint density at radius 2 is 1.86 bits per heavy atom. The van der Waals surface area contributed by atoms with E-state index < -0.39 is 5.41 Å². The van der Waals surface area contributed by atoms with Gasteiger partial charge in [0.2, 0.25) is 5.91 Å². The second-order valence-electron chi connectivity index (χ2n) is 6.49. The van der Waals surface area contributed by atoms with E-state index in [0.717, 1.165) is 0 Å². The van der Waals surface area contributed by atoms with Crippen LogP contribution in [0, 0.1) is 11.3 Å². The molecular weight excluding hydrogens is 274 g/mol. The lowest BCUT2D eigenvalue weighted by molar-refractivity contribution is -0.135. The van der Waals surface area contributed by atoms with Gasteiger partial charge in [0.15, 0.2) is 5.78 Å². The van der Waals surface area contributed by atoms with Gasteiger partial charge in [0.25, 0.3) is 0 Å². The van der Waals surface area contributed by atoms with Crippen molar-refractivity contribution in [3.8, 4) is 0 Å². The smallest absolute Gasteiger partial charge is 0.231 e. The second-order valence-corrected chi connectivity index (χ2v) is 6.49. The Morgan fingerprint density at radius 3 is 2.55 bits per heavy atom. The quantitative estimate of drug-likeness (QED) is 0.617. The highest BCUT2D eigenvalue weighted by Crippen LogP contribution is 2.49. The normalized spacial score (nSPS) is 27.9. The van der Waals surface area contributed by atoms with E-state index in [1.54, 1.807) is 18.1 Å². The molecule has 0 bridgehead atoms. The highest BCUT2D eigenvalue weighted by atomic mass is 16.2. The number of benzene rings is 1. The van der Waals surface area contributed by atoms with Crippen LogP contribution in [0.1, 0.15) is 37.0 Å². The van der Waals surface area contributed by atoms with Crippen LogP contribution >= 0.6 is 0 Å². The first-order valence-corrected chi connectivity index (χ1v) is 7.67. The largest absolute Gasteiger partial charge is 0.322 e. The Labute approximate surface area is 131 Å². The maximum atomic E-state index is 13.2. The zero-order chi connectivity index (χ0) is 15.9. The summed E-state index contributed by atoms with van der Waals surface area (Å²) >= 11 is 0. The Morgan fingerprint density at radius 1 is 1.18 bits per heavy atom. The fraction of sp³-hybridized carbons (Fsp3) is 0.368. The van der Waals surface area contributed by atoms with Crippen molar-refractivity contribution in [2.24, 2.45) is 11.3 Å². The number of Topliss-reactive ketones (excluding diaryl/α,β-unsaturated/α-hetero) is 1. The topological polar surface area (TPSA) is 37.4 Å². The van der Waals surface area contributed by atoms with Crippen LogP contribution in [0.25, 0.3) is 0 Å². The Hall–Kier alpha value is -2.16. The van der Waals surface area contributed by atoms with E-state index in [-0.39, 0.29) is 17.6 Å². The SMILES string of the molecule is CC1=C(C)C[C@]2(C(=O)c3ccccc3)C=CN(C)C(=O)[C@H]2C1. The fourth-order valence-electron chi connectivity index (χ4n) is 3.59. The molecule has 3 nitrogen and oxygen atoms in total. The molecule has 114 valence electrons. The lowest BCUT2D eigenvalue weighted by Gasteiger charge is -2.44. The molecule has 0 unspecified atom stereocenters. The van der Waals surface area contributed by atoms with E-state index in [1.165, 1.54) is 11.1 Å². The van der Waals surface area contributed by atoms with Crippen molar-refractivity contribution < 1.29 is 9.59 Å². The van der Waals surface area contributed by atoms with Crippen LogP contribution in [0.15, 0.2) is 53.8 Å². The number of fused-ring (bicyclic) bond motifs is 1. The lowest BCUT2D eigenvalue weighted by Crippen LogP contribution is -2.50. The van der Waals surface area contributed by atoms with Crippen molar-refractivity contribution in [1.82, 2.24) is 4.90 Å². The maximum absolute atomic E-state index is 13.2. The fourth-order valence-corrected chi connectivity index (χ4v) is 3.59. The molecule has 2 atom stereocenters. The molecule has 1 heterocycles. The highest BCUT2D eigenvalue weighted by molar-refractivity contribution is 6.05. The molecule has 1 amide bonds. The predicted octanol–water partition coefficient (Wildman–Crippen LogP) is 3.59. The van der Waals surface area contributed by atoms with Gasteiger partial charge in [0.05, 0.1) is 11.3 Å². The molecule has 0 radical (unpaired) electrons. The average Bonchev–Trinajstić information content (AvgIpc) is 2.53. The molecule has 0 N–H and O–H groups in total. The number of hydrogen-bond acceptors (Lipinski definition) is 2. The van der Waals surface area contributed by atoms with Crippen molar-refractivity contribution in [3.63, 3.8) is 0 Å². The minimum atomic E-state index is -0.728. The minimum Gasteiger partial charge on any atom is -0.322 e. The van der Waals surface area contributed by atoms with Gasteiger partial charge in [-0.2, -0.15) is 0 Å². The number of amides is 1. The summed E-state index contributed by atoms with van der Waals surface area (Å²) in [7, 11) is 1.76.